The van der Waals surface area contributed by atoms with Crippen molar-refractivity contribution in [3.05, 3.63) is 71.8 Å². The minimum absolute atomic E-state index is 0.00350. The lowest BCUT2D eigenvalue weighted by Gasteiger charge is -2.44. The molecule has 4 fully saturated rings. The summed E-state index contributed by atoms with van der Waals surface area (Å²) in [5.74, 6) is -11.8. The van der Waals surface area contributed by atoms with Crippen molar-refractivity contribution in [1.29, 1.82) is 0 Å². The summed E-state index contributed by atoms with van der Waals surface area (Å²) in [6.07, 6.45) is -1.54. The molecule has 32 nitrogen and oxygen atoms in total. The van der Waals surface area contributed by atoms with Crippen molar-refractivity contribution in [2.24, 2.45) is 58.4 Å². The molecule has 111 heavy (non-hydrogen) atoms. The molecular weight excluding hydrogens is 1430 g/mol. The molecule has 32 heteroatoms. The fourth-order valence-electron chi connectivity index (χ4n) is 13.6. The molecule has 0 aliphatic carbocycles. The van der Waals surface area contributed by atoms with Gasteiger partial charge in [-0.05, 0) is 156 Å². The fraction of sp³-hybridized carbons (Fsp3) is 0.684. The van der Waals surface area contributed by atoms with Crippen molar-refractivity contribution in [3.63, 3.8) is 0 Å². The van der Waals surface area contributed by atoms with Crippen LogP contribution in [0.4, 0.5) is 0 Å². The van der Waals surface area contributed by atoms with Gasteiger partial charge in [0.2, 0.25) is 70.9 Å². The largest absolute Gasteiger partial charge is 0.367 e. The number of nitrogens with zero attached hydrogens (tertiary/aromatic N) is 1. The number of nitrogens with one attached hydrogen (secondary N) is 12. The van der Waals surface area contributed by atoms with E-state index in [2.05, 4.69) is 63.8 Å². The molecule has 15 atom stereocenters. The summed E-state index contributed by atoms with van der Waals surface area (Å²) in [7, 11) is 0. The van der Waals surface area contributed by atoms with Crippen molar-refractivity contribution < 1.29 is 71.8 Å². The second-order valence-electron chi connectivity index (χ2n) is 31.8. The van der Waals surface area contributed by atoms with Crippen molar-refractivity contribution in [1.82, 2.24) is 68.7 Å². The Kier molecular flexibility index (Phi) is 39.3. The first-order chi connectivity index (χ1) is 52.7. The van der Waals surface area contributed by atoms with Gasteiger partial charge in [-0.25, -0.2) is 0 Å². The third-order valence-electron chi connectivity index (χ3n) is 19.8. The van der Waals surface area contributed by atoms with E-state index in [-0.39, 0.29) is 147 Å². The van der Waals surface area contributed by atoms with Crippen LogP contribution >= 0.6 is 0 Å². The molecule has 4 saturated heterocycles. The molecule has 620 valence electrons. The maximum Gasteiger partial charge on any atom is 0.252 e. The zero-order chi connectivity index (χ0) is 82.2. The van der Waals surface area contributed by atoms with Gasteiger partial charge in [0.25, 0.3) is 5.91 Å². The number of fused-ring (bicyclic) bond motifs is 35. The van der Waals surface area contributed by atoms with Crippen LogP contribution in [0.1, 0.15) is 178 Å². The SMILES string of the molecule is CC(C)C[C@@H]1NC(=O)[C@H](CCCN)NC(=O)[C@H](C(C)C)NC(=O)[C@@H]2CCCN2C(=O)[C@@H](Cc2ccccc2)NC(=O)[C@H](CC(C)C)NC(=O)[C@H](CCCN)NC(=O)[C@H](C(C)C)NC(=O)[C@H](CCCN)NC(=O)[C@H](CC(C)C)NC(=O)[C@@H]2O[C@H](CNC(=O)[C@H](C(C)C)NC(=O)[C@H](CCCN)NC1=O)[C@H]2OCc1ccccc1. The van der Waals surface area contributed by atoms with Crippen molar-refractivity contribution in [3.8, 4) is 0 Å². The molecule has 0 radical (unpaired) electrons. The Labute approximate surface area is 654 Å². The van der Waals surface area contributed by atoms with E-state index in [9.17, 15) is 57.5 Å². The Morgan fingerprint density at radius 2 is 0.730 bits per heavy atom. The van der Waals surface area contributed by atoms with E-state index in [0.717, 1.165) is 5.56 Å². The monoisotopic (exact) mass is 1560 g/mol. The van der Waals surface area contributed by atoms with E-state index in [0.29, 0.717) is 12.0 Å². The van der Waals surface area contributed by atoms with Gasteiger partial charge in [0.15, 0.2) is 6.10 Å². The van der Waals surface area contributed by atoms with Crippen LogP contribution in [0, 0.1) is 35.5 Å². The van der Waals surface area contributed by atoms with Gasteiger partial charge >= 0.3 is 0 Å². The van der Waals surface area contributed by atoms with E-state index in [4.69, 9.17) is 32.4 Å². The van der Waals surface area contributed by atoms with E-state index in [1.165, 1.54) is 4.90 Å². The number of carbonyl (C=O) groups is 13. The lowest BCUT2D eigenvalue weighted by atomic mass is 9.96. The predicted octanol–water partition coefficient (Wildman–Crippen LogP) is 0.0974. The topological polar surface area (TPSA) is 492 Å². The van der Waals surface area contributed by atoms with E-state index >= 15 is 4.79 Å². The van der Waals surface area contributed by atoms with Crippen molar-refractivity contribution in [2.45, 2.75) is 270 Å². The second-order valence-corrected chi connectivity index (χ2v) is 31.8. The maximum absolute atomic E-state index is 15.2. The summed E-state index contributed by atoms with van der Waals surface area (Å²) in [6.45, 7) is 21.5. The summed E-state index contributed by atoms with van der Waals surface area (Å²) in [5.41, 5.74) is 25.3. The Morgan fingerprint density at radius 3 is 1.12 bits per heavy atom. The van der Waals surface area contributed by atoms with Crippen LogP contribution in [0.2, 0.25) is 0 Å². The quantitative estimate of drug-likeness (QED) is 0.0555. The molecule has 6 rings (SSSR count). The molecule has 20 N–H and O–H groups in total. The Morgan fingerprint density at radius 1 is 0.396 bits per heavy atom. The lowest BCUT2D eigenvalue weighted by Crippen LogP contribution is -2.66. The Hall–Kier alpha value is -8.69. The molecular formula is C79H129N17O15. The molecule has 4 heterocycles. The van der Waals surface area contributed by atoms with Gasteiger partial charge in [-0.3, -0.25) is 62.3 Å². The van der Waals surface area contributed by atoms with Gasteiger partial charge in [0, 0.05) is 19.5 Å². The number of hydrogen-bond acceptors (Lipinski definition) is 19. The van der Waals surface area contributed by atoms with Gasteiger partial charge in [-0.1, -0.05) is 144 Å². The number of amides is 13. The third-order valence-corrected chi connectivity index (χ3v) is 19.8. The fourth-order valence-corrected chi connectivity index (χ4v) is 13.6. The van der Waals surface area contributed by atoms with Gasteiger partial charge in [0.1, 0.15) is 84.7 Å². The molecule has 13 amide bonds. The summed E-state index contributed by atoms with van der Waals surface area (Å²) in [6, 6.07) is 2.73. The molecule has 0 spiro atoms. The normalized spacial score (nSPS) is 27.1. The molecule has 4 aliphatic rings. The second kappa shape index (κ2) is 47.0. The van der Waals surface area contributed by atoms with Crippen LogP contribution in [0.25, 0.3) is 0 Å². The van der Waals surface area contributed by atoms with Crippen LogP contribution in [0.15, 0.2) is 60.7 Å². The van der Waals surface area contributed by atoms with Gasteiger partial charge in [-0.2, -0.15) is 0 Å². The number of ether oxygens (including phenoxy) is 2. The van der Waals surface area contributed by atoms with E-state index in [1.807, 2.05) is 71.9 Å². The highest BCUT2D eigenvalue weighted by Crippen LogP contribution is 2.28. The molecule has 0 aromatic heterocycles. The number of hydrogen-bond donors (Lipinski definition) is 16. The van der Waals surface area contributed by atoms with Gasteiger partial charge < -0.3 is 101 Å². The minimum Gasteiger partial charge on any atom is -0.367 e. The lowest BCUT2D eigenvalue weighted by molar-refractivity contribution is -0.237. The van der Waals surface area contributed by atoms with Crippen LogP contribution < -0.4 is 86.7 Å². The van der Waals surface area contributed by atoms with Crippen molar-refractivity contribution in [2.75, 3.05) is 39.3 Å². The van der Waals surface area contributed by atoms with Crippen LogP contribution in [-0.4, -0.2) is 212 Å². The Bertz CT molecular complexity index is 3370. The first-order valence-electron chi connectivity index (χ1n) is 39.8. The van der Waals surface area contributed by atoms with Crippen LogP contribution in [-0.2, 0) is 84.8 Å². The van der Waals surface area contributed by atoms with Gasteiger partial charge in [-0.15, -0.1) is 0 Å². The predicted molar refractivity (Wildman–Crippen MR) is 419 cm³/mol. The van der Waals surface area contributed by atoms with Crippen LogP contribution in [0.3, 0.4) is 0 Å². The first-order valence-corrected chi connectivity index (χ1v) is 39.8. The minimum atomic E-state index is -1.32. The van der Waals surface area contributed by atoms with E-state index in [1.54, 1.807) is 71.9 Å². The Balaban J connectivity index is 1.58. The summed E-state index contributed by atoms with van der Waals surface area (Å²) < 4.78 is 12.6. The summed E-state index contributed by atoms with van der Waals surface area (Å²) >= 11 is 0. The molecule has 0 unspecified atom stereocenters. The summed E-state index contributed by atoms with van der Waals surface area (Å²) in [4.78, 5) is 192. The van der Waals surface area contributed by atoms with Gasteiger partial charge in [0.05, 0.1) is 6.61 Å². The summed E-state index contributed by atoms with van der Waals surface area (Å²) in [5, 5.41) is 33.8. The number of nitrogens with two attached hydrogens (primary N) is 4. The molecule has 2 aromatic rings. The van der Waals surface area contributed by atoms with E-state index < -0.39 is 185 Å². The number of rotatable bonds is 26. The smallest absolute Gasteiger partial charge is 0.252 e. The highest BCUT2D eigenvalue weighted by molar-refractivity contribution is 6.00. The number of benzene rings is 2. The van der Waals surface area contributed by atoms with Crippen molar-refractivity contribution >= 4 is 76.8 Å². The average molecular weight is 1560 g/mol. The standard InChI is InChI=1S/C79H129N17O15/c1-44(2)38-56-71(101)85-54(30-21-35-82)69(99)93-62(47(7)8)75(105)84-42-61-65(110-43-51-26-17-14-18-27-51)66(111-61)78(108)91-58(40-46(5)6)72(102)86-55(31-22-36-83)70(100)94-63(48(9)10)76(106)87-52(28-19-33-80)68(98)90-57(39-45(3)4)73(103)92-59(41-50-24-15-13-16-25-50)79(109)96-37-23-32-60(96)74(104)95-64(49(11)12)77(107)88-53(29-20-34-81)67(97)89-56/h13-18,24-27,44-49,52-66H,19-23,28-43,80-83H2,1-12H3,(H,84,105)(H,85,101)(H,86,102)(H,87,106)(H,88,107)(H,89,97)(H,90,98)(H,91,108)(H,92,103)(H,93,99)(H,94,100)(H,95,104)/t52-,53-,54-,55-,56-,57-,58-,59+,60-,61+,62-,63-,64-,65+,66+/m0/s1. The molecule has 4 aliphatic heterocycles. The van der Waals surface area contributed by atoms with Crippen LogP contribution in [0.5, 0.6) is 0 Å². The highest BCUT2D eigenvalue weighted by atomic mass is 16.6. The maximum atomic E-state index is 15.2. The molecule has 2 bridgehead atoms. The third kappa shape index (κ3) is 29.7. The number of carbonyl (C=O) groups excluding carboxylic acids is 13. The molecule has 2 aromatic carbocycles. The first kappa shape index (κ1) is 92.9. The highest BCUT2D eigenvalue weighted by Gasteiger charge is 2.50. The zero-order valence-electron chi connectivity index (χ0n) is 67.1. The zero-order valence-corrected chi connectivity index (χ0v) is 67.1. The average Bonchev–Trinajstić information content (AvgIpc) is 1.42. The molecule has 0 saturated carbocycles.